The number of amides is 1. The number of thiol groups is 1. The third-order valence-electron chi connectivity index (χ3n) is 2.16. The second-order valence-corrected chi connectivity index (χ2v) is 4.59. The van der Waals surface area contributed by atoms with Crippen molar-refractivity contribution >= 4 is 35.6 Å². The van der Waals surface area contributed by atoms with Gasteiger partial charge in [-0.1, -0.05) is 6.92 Å². The summed E-state index contributed by atoms with van der Waals surface area (Å²) in [6.45, 7) is 2.80. The van der Waals surface area contributed by atoms with E-state index < -0.39 is 0 Å². The molecule has 0 spiro atoms. The van der Waals surface area contributed by atoms with Crippen LogP contribution in [-0.4, -0.2) is 22.8 Å². The minimum absolute atomic E-state index is 0.0931. The van der Waals surface area contributed by atoms with Crippen LogP contribution in [0.2, 0.25) is 0 Å². The van der Waals surface area contributed by atoms with Crippen LogP contribution in [0.5, 0.6) is 0 Å². The minimum atomic E-state index is -0.190. The molecule has 0 aromatic carbocycles. The molecule has 0 radical (unpaired) electrons. The highest BCUT2D eigenvalue weighted by molar-refractivity contribution is 7.81. The molecule has 1 unspecified atom stereocenters. The summed E-state index contributed by atoms with van der Waals surface area (Å²) >= 11 is 5.83. The molecule has 0 saturated carbocycles. The van der Waals surface area contributed by atoms with Crippen LogP contribution in [-0.2, 0) is 0 Å². The highest BCUT2D eigenvalue weighted by atomic mass is 32.1. The molecule has 2 rings (SSSR count). The molecule has 2 heterocycles. The second-order valence-electron chi connectivity index (χ2n) is 3.18. The lowest BCUT2D eigenvalue weighted by molar-refractivity contribution is 0.0747. The van der Waals surface area contributed by atoms with E-state index in [1.807, 2.05) is 11.4 Å². The molecule has 0 saturated heterocycles. The van der Waals surface area contributed by atoms with Gasteiger partial charge in [-0.25, -0.2) is 0 Å². The van der Waals surface area contributed by atoms with Gasteiger partial charge in [-0.2, -0.15) is 0 Å². The molecule has 1 aromatic rings. The maximum atomic E-state index is 11.9. The van der Waals surface area contributed by atoms with Gasteiger partial charge in [0.05, 0.1) is 5.69 Å². The smallest absolute Gasteiger partial charge is 0.268 e. The number of carbonyl (C=O) groups is 1. The van der Waals surface area contributed by atoms with Crippen molar-refractivity contribution in [1.29, 1.82) is 0 Å². The van der Waals surface area contributed by atoms with E-state index in [0.29, 0.717) is 0 Å². The van der Waals surface area contributed by atoms with Crippen molar-refractivity contribution in [3.8, 4) is 0 Å². The first-order chi connectivity index (χ1) is 6.74. The molecule has 3 nitrogen and oxygen atoms in total. The monoisotopic (exact) mass is 228 g/mol. The van der Waals surface area contributed by atoms with Gasteiger partial charge < -0.3 is 10.2 Å². The zero-order chi connectivity index (χ0) is 10.1. The zero-order valence-electron chi connectivity index (χ0n) is 7.86. The summed E-state index contributed by atoms with van der Waals surface area (Å²) in [5.41, 5.74) is 0.719. The first kappa shape index (κ1) is 9.86. The number of rotatable bonds is 2. The Morgan fingerprint density at radius 1 is 1.71 bits per heavy atom. The van der Waals surface area contributed by atoms with Gasteiger partial charge in [0.15, 0.2) is 0 Å². The molecular weight excluding hydrogens is 216 g/mol. The molecule has 1 amide bonds. The topological polar surface area (TPSA) is 32.3 Å². The quantitative estimate of drug-likeness (QED) is 0.761. The van der Waals surface area contributed by atoms with Gasteiger partial charge in [-0.3, -0.25) is 4.79 Å². The Morgan fingerprint density at radius 3 is 3.21 bits per heavy atom. The molecule has 0 aliphatic carbocycles. The van der Waals surface area contributed by atoms with E-state index in [2.05, 4.69) is 24.9 Å². The number of carbonyl (C=O) groups excluding carboxylic acids is 1. The van der Waals surface area contributed by atoms with Crippen molar-refractivity contribution in [2.45, 2.75) is 18.8 Å². The largest absolute Gasteiger partial charge is 0.355 e. The standard InChI is InChI=1S/C9H12N2OS2/c1-2-4-11-8(12)7-6(3-5-14-7)10-9(11)13/h3,5,9-10,13H,2,4H2,1H3. The molecular formula is C9H12N2OS2. The summed E-state index contributed by atoms with van der Waals surface area (Å²) < 4.78 is 0. The van der Waals surface area contributed by atoms with Gasteiger partial charge in [-0.05, 0) is 17.9 Å². The van der Waals surface area contributed by atoms with Crippen molar-refractivity contribution in [3.05, 3.63) is 16.3 Å². The number of nitrogens with zero attached hydrogens (tertiary/aromatic N) is 1. The first-order valence-electron chi connectivity index (χ1n) is 4.57. The van der Waals surface area contributed by atoms with Crippen LogP contribution in [0.25, 0.3) is 0 Å². The normalized spacial score (nSPS) is 20.6. The van der Waals surface area contributed by atoms with E-state index in [9.17, 15) is 4.79 Å². The second kappa shape index (κ2) is 3.82. The fraction of sp³-hybridized carbons (Fsp3) is 0.444. The van der Waals surface area contributed by atoms with Crippen LogP contribution < -0.4 is 5.32 Å². The Hall–Kier alpha value is -0.680. The van der Waals surface area contributed by atoms with Crippen LogP contribution in [0, 0.1) is 0 Å². The van der Waals surface area contributed by atoms with Crippen molar-refractivity contribution in [2.24, 2.45) is 0 Å². The maximum Gasteiger partial charge on any atom is 0.268 e. The Kier molecular flexibility index (Phi) is 2.69. The Labute approximate surface area is 92.5 Å². The van der Waals surface area contributed by atoms with Gasteiger partial charge in [0.1, 0.15) is 10.4 Å². The van der Waals surface area contributed by atoms with Gasteiger partial charge >= 0.3 is 0 Å². The average Bonchev–Trinajstić information content (AvgIpc) is 2.60. The predicted octanol–water partition coefficient (Wildman–Crippen LogP) is 2.24. The van der Waals surface area contributed by atoms with Gasteiger partial charge in [0.25, 0.3) is 5.91 Å². The number of hydrogen-bond donors (Lipinski definition) is 2. The number of nitrogens with one attached hydrogen (secondary N) is 1. The van der Waals surface area contributed by atoms with Crippen LogP contribution in [0.4, 0.5) is 5.69 Å². The summed E-state index contributed by atoms with van der Waals surface area (Å²) in [5.74, 6) is 0.0931. The number of fused-ring (bicyclic) bond motifs is 1. The van der Waals surface area contributed by atoms with Crippen LogP contribution in [0.15, 0.2) is 11.4 Å². The van der Waals surface area contributed by atoms with Crippen molar-refractivity contribution in [3.63, 3.8) is 0 Å². The van der Waals surface area contributed by atoms with Crippen molar-refractivity contribution < 1.29 is 4.79 Å². The van der Waals surface area contributed by atoms with E-state index in [-0.39, 0.29) is 11.4 Å². The highest BCUT2D eigenvalue weighted by Crippen LogP contribution is 2.30. The van der Waals surface area contributed by atoms with Gasteiger partial charge in [-0.15, -0.1) is 24.0 Å². The number of thiophene rings is 1. The molecule has 1 aromatic heterocycles. The predicted molar refractivity (Wildman–Crippen MR) is 62.0 cm³/mol. The molecule has 1 aliphatic rings. The Balaban J connectivity index is 2.29. The summed E-state index contributed by atoms with van der Waals surface area (Å²) in [7, 11) is 0. The van der Waals surface area contributed by atoms with Crippen molar-refractivity contribution in [2.75, 3.05) is 11.9 Å². The average molecular weight is 228 g/mol. The van der Waals surface area contributed by atoms with Crippen LogP contribution in [0.1, 0.15) is 23.0 Å². The summed E-state index contributed by atoms with van der Waals surface area (Å²) in [4.78, 5) is 14.5. The Morgan fingerprint density at radius 2 is 2.50 bits per heavy atom. The van der Waals surface area contributed by atoms with Crippen molar-refractivity contribution in [1.82, 2.24) is 4.90 Å². The lowest BCUT2D eigenvalue weighted by Crippen LogP contribution is -2.45. The maximum absolute atomic E-state index is 11.9. The zero-order valence-corrected chi connectivity index (χ0v) is 9.57. The van der Waals surface area contributed by atoms with Crippen LogP contribution in [0.3, 0.4) is 0 Å². The van der Waals surface area contributed by atoms with Gasteiger partial charge in [0, 0.05) is 6.54 Å². The third-order valence-corrected chi connectivity index (χ3v) is 3.47. The van der Waals surface area contributed by atoms with E-state index in [1.165, 1.54) is 11.3 Å². The van der Waals surface area contributed by atoms with Crippen LogP contribution >= 0.6 is 24.0 Å². The highest BCUT2D eigenvalue weighted by Gasteiger charge is 2.29. The molecule has 0 bridgehead atoms. The fourth-order valence-electron chi connectivity index (χ4n) is 1.51. The summed E-state index contributed by atoms with van der Waals surface area (Å²) in [6.07, 6.45) is 0.950. The molecule has 1 atom stereocenters. The summed E-state index contributed by atoms with van der Waals surface area (Å²) in [5, 5.41) is 5.11. The van der Waals surface area contributed by atoms with E-state index in [0.717, 1.165) is 23.5 Å². The molecule has 1 aliphatic heterocycles. The molecule has 76 valence electrons. The number of anilines is 1. The van der Waals surface area contributed by atoms with E-state index >= 15 is 0 Å². The molecule has 1 N–H and O–H groups in total. The molecule has 14 heavy (non-hydrogen) atoms. The third kappa shape index (κ3) is 1.50. The molecule has 5 heteroatoms. The lowest BCUT2D eigenvalue weighted by atomic mass is 10.3. The Bertz CT molecular complexity index is 350. The first-order valence-corrected chi connectivity index (χ1v) is 5.96. The fourth-order valence-corrected chi connectivity index (χ4v) is 2.68. The molecule has 0 fully saturated rings. The van der Waals surface area contributed by atoms with Gasteiger partial charge in [0.2, 0.25) is 0 Å². The number of hydrogen-bond acceptors (Lipinski definition) is 4. The minimum Gasteiger partial charge on any atom is -0.355 e. The lowest BCUT2D eigenvalue weighted by Gasteiger charge is -2.33. The summed E-state index contributed by atoms with van der Waals surface area (Å²) in [6, 6.07) is 1.92. The SMILES string of the molecule is CCCN1C(=O)c2sccc2NC1S. The van der Waals surface area contributed by atoms with E-state index in [4.69, 9.17) is 0 Å². The van der Waals surface area contributed by atoms with E-state index in [1.54, 1.807) is 4.90 Å².